The van der Waals surface area contributed by atoms with E-state index in [-0.39, 0.29) is 0 Å². The summed E-state index contributed by atoms with van der Waals surface area (Å²) in [4.78, 5) is 0. The Morgan fingerprint density at radius 2 is 1.50 bits per heavy atom. The fourth-order valence-corrected chi connectivity index (χ4v) is 1.53. The van der Waals surface area contributed by atoms with Crippen molar-refractivity contribution in [3.05, 3.63) is 0 Å². The number of ether oxygens (including phenoxy) is 1. The van der Waals surface area contributed by atoms with Gasteiger partial charge in [-0.25, -0.2) is 0 Å². The molecule has 0 saturated carbocycles. The van der Waals surface area contributed by atoms with Crippen molar-refractivity contribution < 1.29 is 4.74 Å². The Balaban J connectivity index is 3.40. The van der Waals surface area contributed by atoms with Crippen molar-refractivity contribution in [3.63, 3.8) is 0 Å². The molecule has 0 aromatic carbocycles. The lowest BCUT2D eigenvalue weighted by Crippen LogP contribution is -2.07. The third-order valence-electron chi connectivity index (χ3n) is 2.33. The van der Waals surface area contributed by atoms with E-state index in [0.717, 1.165) is 12.5 Å². The number of rotatable bonds is 8. The Labute approximate surface area is 77.5 Å². The highest BCUT2D eigenvalue weighted by molar-refractivity contribution is 4.58. The number of hydrogen-bond donors (Lipinski definition) is 0. The molecule has 0 aromatic heterocycles. The molecule has 0 heterocycles. The van der Waals surface area contributed by atoms with Crippen LogP contribution < -0.4 is 0 Å². The maximum absolute atomic E-state index is 5.20. The van der Waals surface area contributed by atoms with Crippen molar-refractivity contribution in [2.24, 2.45) is 5.92 Å². The first-order valence-corrected chi connectivity index (χ1v) is 5.34. The van der Waals surface area contributed by atoms with Crippen LogP contribution in [0.2, 0.25) is 0 Å². The van der Waals surface area contributed by atoms with Crippen LogP contribution in [-0.4, -0.2) is 13.7 Å². The van der Waals surface area contributed by atoms with Gasteiger partial charge in [-0.2, -0.15) is 0 Å². The van der Waals surface area contributed by atoms with Gasteiger partial charge in [0.1, 0.15) is 0 Å². The first-order valence-electron chi connectivity index (χ1n) is 5.34. The molecular formula is C11H24O. The molecule has 0 aliphatic heterocycles. The first-order chi connectivity index (χ1) is 5.85. The third kappa shape index (κ3) is 6.66. The van der Waals surface area contributed by atoms with Crippen LogP contribution in [0.1, 0.15) is 52.4 Å². The van der Waals surface area contributed by atoms with Gasteiger partial charge in [0.2, 0.25) is 0 Å². The number of hydrogen-bond acceptors (Lipinski definition) is 1. The summed E-state index contributed by atoms with van der Waals surface area (Å²) in [7, 11) is 1.81. The molecule has 0 bridgehead atoms. The molecule has 74 valence electrons. The highest BCUT2D eigenvalue weighted by Crippen LogP contribution is 2.15. The summed E-state index contributed by atoms with van der Waals surface area (Å²) in [6.45, 7) is 5.47. The molecule has 1 heteroatoms. The fraction of sp³-hybridized carbons (Fsp3) is 1.00. The van der Waals surface area contributed by atoms with E-state index in [1.807, 2.05) is 7.11 Å². The standard InChI is InChI=1S/C11H24O/c1-4-6-8-11(10-12-3)9-7-5-2/h11H,4-10H2,1-3H3. The van der Waals surface area contributed by atoms with Gasteiger partial charge in [-0.1, -0.05) is 39.5 Å². The van der Waals surface area contributed by atoms with Gasteiger partial charge in [-0.05, 0) is 18.8 Å². The normalized spacial score (nSPS) is 11.0. The predicted octanol–water partition coefficient (Wildman–Crippen LogP) is 3.63. The fourth-order valence-electron chi connectivity index (χ4n) is 1.53. The van der Waals surface area contributed by atoms with Crippen molar-refractivity contribution in [1.29, 1.82) is 0 Å². The second kappa shape index (κ2) is 9.05. The molecule has 0 spiro atoms. The van der Waals surface area contributed by atoms with E-state index in [9.17, 15) is 0 Å². The Morgan fingerprint density at radius 1 is 1.00 bits per heavy atom. The lowest BCUT2D eigenvalue weighted by Gasteiger charge is -2.14. The van der Waals surface area contributed by atoms with Crippen LogP contribution in [0.4, 0.5) is 0 Å². The van der Waals surface area contributed by atoms with Gasteiger partial charge in [-0.15, -0.1) is 0 Å². The molecule has 0 fully saturated rings. The quantitative estimate of drug-likeness (QED) is 0.543. The number of methoxy groups -OCH3 is 1. The Kier molecular flexibility index (Phi) is 9.02. The first kappa shape index (κ1) is 12.0. The van der Waals surface area contributed by atoms with E-state index in [1.165, 1.54) is 38.5 Å². The topological polar surface area (TPSA) is 9.23 Å². The summed E-state index contributed by atoms with van der Waals surface area (Å²) >= 11 is 0. The average molecular weight is 172 g/mol. The van der Waals surface area contributed by atoms with E-state index >= 15 is 0 Å². The van der Waals surface area contributed by atoms with Crippen molar-refractivity contribution >= 4 is 0 Å². The maximum Gasteiger partial charge on any atom is 0.0490 e. The van der Waals surface area contributed by atoms with Crippen LogP contribution in [0.25, 0.3) is 0 Å². The van der Waals surface area contributed by atoms with Crippen LogP contribution in [0.3, 0.4) is 0 Å². The molecule has 0 radical (unpaired) electrons. The number of unbranched alkanes of at least 4 members (excludes halogenated alkanes) is 2. The maximum atomic E-state index is 5.20. The Hall–Kier alpha value is -0.0400. The zero-order valence-corrected chi connectivity index (χ0v) is 8.94. The molecule has 12 heavy (non-hydrogen) atoms. The zero-order valence-electron chi connectivity index (χ0n) is 8.94. The Morgan fingerprint density at radius 3 is 1.83 bits per heavy atom. The van der Waals surface area contributed by atoms with Gasteiger partial charge < -0.3 is 4.74 Å². The molecule has 0 rings (SSSR count). The summed E-state index contributed by atoms with van der Waals surface area (Å²) in [5, 5.41) is 0. The van der Waals surface area contributed by atoms with Crippen LogP contribution in [-0.2, 0) is 4.74 Å². The van der Waals surface area contributed by atoms with E-state index in [2.05, 4.69) is 13.8 Å². The van der Waals surface area contributed by atoms with Gasteiger partial charge in [-0.3, -0.25) is 0 Å². The molecule has 0 aliphatic rings. The molecule has 0 amide bonds. The lowest BCUT2D eigenvalue weighted by atomic mass is 9.97. The molecule has 0 aliphatic carbocycles. The van der Waals surface area contributed by atoms with Crippen molar-refractivity contribution in [2.45, 2.75) is 52.4 Å². The SMILES string of the molecule is CCCCC(CCCC)COC. The van der Waals surface area contributed by atoms with Crippen molar-refractivity contribution in [2.75, 3.05) is 13.7 Å². The van der Waals surface area contributed by atoms with E-state index in [4.69, 9.17) is 4.74 Å². The van der Waals surface area contributed by atoms with Gasteiger partial charge >= 0.3 is 0 Å². The molecule has 0 unspecified atom stereocenters. The average Bonchev–Trinajstić information content (AvgIpc) is 2.10. The van der Waals surface area contributed by atoms with Gasteiger partial charge in [0.25, 0.3) is 0 Å². The molecule has 0 atom stereocenters. The van der Waals surface area contributed by atoms with Crippen LogP contribution >= 0.6 is 0 Å². The minimum Gasteiger partial charge on any atom is -0.384 e. The monoisotopic (exact) mass is 172 g/mol. The summed E-state index contributed by atoms with van der Waals surface area (Å²) in [5.41, 5.74) is 0. The van der Waals surface area contributed by atoms with E-state index < -0.39 is 0 Å². The minimum absolute atomic E-state index is 0.815. The Bertz CT molecular complexity index is 73.1. The summed E-state index contributed by atoms with van der Waals surface area (Å²) in [6, 6.07) is 0. The van der Waals surface area contributed by atoms with Crippen LogP contribution in [0.15, 0.2) is 0 Å². The second-order valence-corrected chi connectivity index (χ2v) is 3.61. The van der Waals surface area contributed by atoms with E-state index in [0.29, 0.717) is 0 Å². The van der Waals surface area contributed by atoms with Crippen molar-refractivity contribution in [3.8, 4) is 0 Å². The van der Waals surface area contributed by atoms with Crippen LogP contribution in [0, 0.1) is 5.92 Å². The highest BCUT2D eigenvalue weighted by atomic mass is 16.5. The summed E-state index contributed by atoms with van der Waals surface area (Å²) in [5.74, 6) is 0.815. The largest absolute Gasteiger partial charge is 0.384 e. The molecule has 0 N–H and O–H groups in total. The zero-order chi connectivity index (χ0) is 9.23. The van der Waals surface area contributed by atoms with E-state index in [1.54, 1.807) is 0 Å². The summed E-state index contributed by atoms with van der Waals surface area (Å²) < 4.78 is 5.20. The van der Waals surface area contributed by atoms with Gasteiger partial charge in [0, 0.05) is 13.7 Å². The summed E-state index contributed by atoms with van der Waals surface area (Å²) in [6.07, 6.45) is 8.04. The predicted molar refractivity (Wildman–Crippen MR) is 54.4 cm³/mol. The van der Waals surface area contributed by atoms with Crippen molar-refractivity contribution in [1.82, 2.24) is 0 Å². The molecule has 0 aromatic rings. The molecular weight excluding hydrogens is 148 g/mol. The van der Waals surface area contributed by atoms with Crippen LogP contribution in [0.5, 0.6) is 0 Å². The lowest BCUT2D eigenvalue weighted by molar-refractivity contribution is 0.140. The smallest absolute Gasteiger partial charge is 0.0490 e. The van der Waals surface area contributed by atoms with Gasteiger partial charge in [0.15, 0.2) is 0 Å². The second-order valence-electron chi connectivity index (χ2n) is 3.61. The van der Waals surface area contributed by atoms with Gasteiger partial charge in [0.05, 0.1) is 0 Å². The third-order valence-corrected chi connectivity index (χ3v) is 2.33. The minimum atomic E-state index is 0.815. The molecule has 0 saturated heterocycles. The highest BCUT2D eigenvalue weighted by Gasteiger charge is 2.06. The molecule has 1 nitrogen and oxygen atoms in total.